The van der Waals surface area contributed by atoms with Crippen LogP contribution in [0.4, 0.5) is 0 Å². The van der Waals surface area contributed by atoms with Gasteiger partial charge in [0, 0.05) is 11.6 Å². The van der Waals surface area contributed by atoms with Crippen LogP contribution in [0.5, 0.6) is 0 Å². The van der Waals surface area contributed by atoms with Gasteiger partial charge in [-0.1, -0.05) is 12.1 Å². The van der Waals surface area contributed by atoms with E-state index in [2.05, 4.69) is 5.32 Å². The minimum absolute atomic E-state index is 0.0602. The number of aliphatic hydroxyl groups is 1. The summed E-state index contributed by atoms with van der Waals surface area (Å²) >= 11 is 0. The lowest BCUT2D eigenvalue weighted by molar-refractivity contribution is -0.144. The molecule has 0 aliphatic heterocycles. The second kappa shape index (κ2) is 5.48. The van der Waals surface area contributed by atoms with Crippen LogP contribution >= 0.6 is 0 Å². The highest BCUT2D eigenvalue weighted by atomic mass is 16.4. The molecule has 3 N–H and O–H groups in total. The fourth-order valence-corrected chi connectivity index (χ4v) is 3.85. The summed E-state index contributed by atoms with van der Waals surface area (Å²) < 4.78 is 0. The number of hydrogen-bond donors (Lipinski definition) is 3. The monoisotopic (exact) mass is 289 g/mol. The summed E-state index contributed by atoms with van der Waals surface area (Å²) in [7, 11) is 0. The van der Waals surface area contributed by atoms with E-state index in [4.69, 9.17) is 5.11 Å². The second-order valence-electron chi connectivity index (χ2n) is 6.05. The Hall–Kier alpha value is -1.88. The predicted molar refractivity (Wildman–Crippen MR) is 75.6 cm³/mol. The van der Waals surface area contributed by atoms with Crippen molar-refractivity contribution in [2.45, 2.75) is 31.9 Å². The molecule has 5 nitrogen and oxygen atoms in total. The molecule has 2 bridgehead atoms. The van der Waals surface area contributed by atoms with E-state index in [1.807, 2.05) is 0 Å². The molecule has 1 aromatic carbocycles. The van der Waals surface area contributed by atoms with Gasteiger partial charge in [0.2, 0.25) is 0 Å². The van der Waals surface area contributed by atoms with Crippen molar-refractivity contribution in [3.05, 3.63) is 35.4 Å². The number of carbonyl (C=O) groups is 2. The van der Waals surface area contributed by atoms with Gasteiger partial charge in [-0.05, 0) is 48.8 Å². The summed E-state index contributed by atoms with van der Waals surface area (Å²) in [6.45, 7) is -0.0602. The molecule has 112 valence electrons. The van der Waals surface area contributed by atoms with E-state index in [1.165, 1.54) is 0 Å². The third-order valence-electron chi connectivity index (χ3n) is 4.90. The van der Waals surface area contributed by atoms with E-state index in [1.54, 1.807) is 24.3 Å². The number of carboxylic acids is 1. The topological polar surface area (TPSA) is 86.6 Å². The molecule has 0 radical (unpaired) electrons. The van der Waals surface area contributed by atoms with Gasteiger partial charge in [-0.15, -0.1) is 0 Å². The van der Waals surface area contributed by atoms with Crippen molar-refractivity contribution in [2.24, 2.45) is 17.8 Å². The molecule has 2 fully saturated rings. The Balaban J connectivity index is 1.72. The largest absolute Gasteiger partial charge is 0.481 e. The van der Waals surface area contributed by atoms with Gasteiger partial charge in [0.1, 0.15) is 0 Å². The third kappa shape index (κ3) is 2.53. The predicted octanol–water partition coefficient (Wildman–Crippen LogP) is 1.41. The number of carbonyl (C=O) groups excluding carboxylic acids is 1. The molecular formula is C16H19NO4. The highest BCUT2D eigenvalue weighted by Gasteiger charge is 2.51. The average Bonchev–Trinajstić information content (AvgIpc) is 3.08. The third-order valence-corrected chi connectivity index (χ3v) is 4.90. The molecule has 0 heterocycles. The number of amides is 1. The van der Waals surface area contributed by atoms with E-state index in [-0.39, 0.29) is 30.4 Å². The smallest absolute Gasteiger partial charge is 0.308 e. The first kappa shape index (κ1) is 14.1. The number of benzene rings is 1. The number of aliphatic carboxylic acids is 1. The average molecular weight is 289 g/mol. The van der Waals surface area contributed by atoms with Crippen LogP contribution in [-0.4, -0.2) is 28.1 Å². The summed E-state index contributed by atoms with van der Waals surface area (Å²) in [6, 6.07) is 6.45. The van der Waals surface area contributed by atoms with E-state index >= 15 is 0 Å². The minimum atomic E-state index is -0.803. The molecule has 4 atom stereocenters. The molecule has 0 saturated heterocycles. The van der Waals surface area contributed by atoms with Crippen LogP contribution in [0.3, 0.4) is 0 Å². The second-order valence-corrected chi connectivity index (χ2v) is 6.05. The Morgan fingerprint density at radius 3 is 2.43 bits per heavy atom. The Labute approximate surface area is 123 Å². The molecule has 5 heteroatoms. The van der Waals surface area contributed by atoms with E-state index in [0.717, 1.165) is 24.8 Å². The van der Waals surface area contributed by atoms with Crippen molar-refractivity contribution in [1.29, 1.82) is 0 Å². The van der Waals surface area contributed by atoms with Crippen LogP contribution in [0, 0.1) is 17.8 Å². The highest BCUT2D eigenvalue weighted by molar-refractivity contribution is 5.94. The Bertz CT molecular complexity index is 554. The highest BCUT2D eigenvalue weighted by Crippen LogP contribution is 2.48. The molecule has 0 aromatic heterocycles. The number of rotatable bonds is 4. The van der Waals surface area contributed by atoms with Gasteiger partial charge in [0.05, 0.1) is 12.5 Å². The molecule has 4 unspecified atom stereocenters. The van der Waals surface area contributed by atoms with E-state index < -0.39 is 11.9 Å². The fourth-order valence-electron chi connectivity index (χ4n) is 3.85. The molecule has 0 spiro atoms. The minimum Gasteiger partial charge on any atom is -0.481 e. The molecular weight excluding hydrogens is 270 g/mol. The van der Waals surface area contributed by atoms with Crippen LogP contribution in [0.25, 0.3) is 0 Å². The van der Waals surface area contributed by atoms with Crippen molar-refractivity contribution >= 4 is 11.9 Å². The van der Waals surface area contributed by atoms with Crippen LogP contribution in [0.1, 0.15) is 35.2 Å². The van der Waals surface area contributed by atoms with Gasteiger partial charge in [0.15, 0.2) is 0 Å². The lowest BCUT2D eigenvalue weighted by Crippen LogP contribution is -2.46. The first-order chi connectivity index (χ1) is 10.1. The van der Waals surface area contributed by atoms with Crippen LogP contribution in [-0.2, 0) is 11.4 Å². The summed E-state index contributed by atoms with van der Waals surface area (Å²) in [5.74, 6) is -0.998. The Kier molecular flexibility index (Phi) is 3.68. The zero-order valence-corrected chi connectivity index (χ0v) is 11.7. The van der Waals surface area contributed by atoms with Gasteiger partial charge in [-0.2, -0.15) is 0 Å². The van der Waals surface area contributed by atoms with Gasteiger partial charge in [0.25, 0.3) is 5.91 Å². The van der Waals surface area contributed by atoms with Crippen molar-refractivity contribution in [3.63, 3.8) is 0 Å². The van der Waals surface area contributed by atoms with Crippen molar-refractivity contribution in [1.82, 2.24) is 5.32 Å². The summed E-state index contributed by atoms with van der Waals surface area (Å²) in [5.41, 5.74) is 1.24. The maximum atomic E-state index is 12.3. The van der Waals surface area contributed by atoms with E-state index in [9.17, 15) is 14.7 Å². The summed E-state index contributed by atoms with van der Waals surface area (Å²) in [4.78, 5) is 23.7. The number of hydrogen-bond acceptors (Lipinski definition) is 3. The molecule has 1 aromatic rings. The standard InChI is InChI=1S/C16H19NO4/c18-8-9-1-3-10(4-2-9)15(19)17-14-12-6-5-11(7-12)13(14)16(20)21/h1-4,11-14,18H,5-8H2,(H,17,19)(H,20,21). The number of carboxylic acid groups (broad SMARTS) is 1. The number of fused-ring (bicyclic) bond motifs is 2. The summed E-state index contributed by atoms with van der Waals surface area (Å²) in [6.07, 6.45) is 2.87. The maximum Gasteiger partial charge on any atom is 0.308 e. The zero-order valence-electron chi connectivity index (χ0n) is 11.7. The molecule has 1 amide bonds. The van der Waals surface area contributed by atoms with Crippen LogP contribution in [0.15, 0.2) is 24.3 Å². The van der Waals surface area contributed by atoms with E-state index in [0.29, 0.717) is 5.56 Å². The van der Waals surface area contributed by atoms with Crippen molar-refractivity contribution < 1.29 is 19.8 Å². The maximum absolute atomic E-state index is 12.3. The van der Waals surface area contributed by atoms with Gasteiger partial charge < -0.3 is 15.5 Å². The van der Waals surface area contributed by atoms with Gasteiger partial charge in [-0.3, -0.25) is 9.59 Å². The summed E-state index contributed by atoms with van der Waals surface area (Å²) in [5, 5.41) is 21.3. The normalized spacial score (nSPS) is 30.3. The molecule has 21 heavy (non-hydrogen) atoms. The zero-order chi connectivity index (χ0) is 15.0. The molecule has 2 aliphatic rings. The van der Waals surface area contributed by atoms with Crippen LogP contribution in [0.2, 0.25) is 0 Å². The first-order valence-electron chi connectivity index (χ1n) is 7.33. The van der Waals surface area contributed by atoms with Gasteiger partial charge >= 0.3 is 5.97 Å². The molecule has 2 saturated carbocycles. The fraction of sp³-hybridized carbons (Fsp3) is 0.500. The lowest BCUT2D eigenvalue weighted by atomic mass is 9.84. The lowest BCUT2D eigenvalue weighted by Gasteiger charge is -2.28. The van der Waals surface area contributed by atoms with Crippen molar-refractivity contribution in [3.8, 4) is 0 Å². The molecule has 3 rings (SSSR count). The number of nitrogens with one attached hydrogen (secondary N) is 1. The van der Waals surface area contributed by atoms with Gasteiger partial charge in [-0.25, -0.2) is 0 Å². The van der Waals surface area contributed by atoms with Crippen molar-refractivity contribution in [2.75, 3.05) is 0 Å². The Morgan fingerprint density at radius 2 is 1.81 bits per heavy atom. The molecule has 2 aliphatic carbocycles. The number of aliphatic hydroxyl groups excluding tert-OH is 1. The quantitative estimate of drug-likeness (QED) is 0.782. The van der Waals surface area contributed by atoms with Crippen LogP contribution < -0.4 is 5.32 Å². The SMILES string of the molecule is O=C(NC1C2CCC(C2)C1C(=O)O)c1ccc(CO)cc1. The first-order valence-corrected chi connectivity index (χ1v) is 7.33. The Morgan fingerprint density at radius 1 is 1.14 bits per heavy atom.